The second kappa shape index (κ2) is 4.90. The van der Waals surface area contributed by atoms with E-state index in [0.717, 1.165) is 6.20 Å². The number of hydrogen-bond acceptors (Lipinski definition) is 5. The number of morpholine rings is 1. The third kappa shape index (κ3) is 2.40. The van der Waals surface area contributed by atoms with E-state index in [9.17, 15) is 4.39 Å². The first-order valence-electron chi connectivity index (χ1n) is 4.86. The number of rotatable bonds is 2. The van der Waals surface area contributed by atoms with E-state index in [2.05, 4.69) is 9.97 Å². The molecule has 1 saturated heterocycles. The molecular formula is C9H11ClFN3O2. The van der Waals surface area contributed by atoms with Crippen LogP contribution in [0, 0.1) is 5.82 Å². The van der Waals surface area contributed by atoms with Crippen molar-refractivity contribution < 1.29 is 14.2 Å². The van der Waals surface area contributed by atoms with Crippen LogP contribution in [0.25, 0.3) is 0 Å². The number of anilines is 1. The van der Waals surface area contributed by atoms with E-state index in [4.69, 9.17) is 21.4 Å². The van der Waals surface area contributed by atoms with E-state index in [0.29, 0.717) is 19.7 Å². The number of hydrogen-bond donors (Lipinski definition) is 1. The molecule has 1 aliphatic heterocycles. The summed E-state index contributed by atoms with van der Waals surface area (Å²) < 4.78 is 18.7. The van der Waals surface area contributed by atoms with Gasteiger partial charge in [-0.2, -0.15) is 4.98 Å². The molecule has 0 bridgehead atoms. The summed E-state index contributed by atoms with van der Waals surface area (Å²) in [6.07, 6.45) is 0.718. The molecule has 2 heterocycles. The zero-order chi connectivity index (χ0) is 11.5. The van der Waals surface area contributed by atoms with Gasteiger partial charge in [-0.05, 0) is 11.6 Å². The molecule has 1 aromatic rings. The van der Waals surface area contributed by atoms with Gasteiger partial charge in [0.25, 0.3) is 0 Å². The molecule has 2 rings (SSSR count). The first kappa shape index (κ1) is 11.5. The number of aromatic nitrogens is 2. The van der Waals surface area contributed by atoms with Crippen LogP contribution in [-0.2, 0) is 4.74 Å². The van der Waals surface area contributed by atoms with Crippen LogP contribution < -0.4 is 4.90 Å². The van der Waals surface area contributed by atoms with Gasteiger partial charge in [0.15, 0.2) is 11.6 Å². The number of aliphatic hydroxyl groups is 1. The fraction of sp³-hybridized carbons (Fsp3) is 0.556. The van der Waals surface area contributed by atoms with Crippen LogP contribution >= 0.6 is 11.6 Å². The second-order valence-corrected chi connectivity index (χ2v) is 3.77. The molecule has 0 saturated carbocycles. The lowest BCUT2D eigenvalue weighted by Crippen LogP contribution is -2.44. The Morgan fingerprint density at radius 1 is 1.69 bits per heavy atom. The predicted octanol–water partition coefficient (Wildman–Crippen LogP) is 0.467. The van der Waals surface area contributed by atoms with E-state index in [1.165, 1.54) is 0 Å². The van der Waals surface area contributed by atoms with Gasteiger partial charge in [-0.15, -0.1) is 0 Å². The maximum Gasteiger partial charge on any atom is 0.224 e. The topological polar surface area (TPSA) is 58.5 Å². The minimum Gasteiger partial charge on any atom is -0.394 e. The average Bonchev–Trinajstić information content (AvgIpc) is 2.32. The summed E-state index contributed by atoms with van der Waals surface area (Å²) in [6, 6.07) is 0. The van der Waals surface area contributed by atoms with Crippen molar-refractivity contribution in [3.63, 3.8) is 0 Å². The van der Waals surface area contributed by atoms with Gasteiger partial charge < -0.3 is 14.7 Å². The molecule has 0 aliphatic carbocycles. The third-order valence-corrected chi connectivity index (χ3v) is 2.52. The fourth-order valence-corrected chi connectivity index (χ4v) is 1.71. The standard InChI is InChI=1S/C9H11ClFN3O2/c10-9-12-3-7(11)8(13-9)14-1-2-16-6(4-14)5-15/h3,6,15H,1-2,4-5H2. The van der Waals surface area contributed by atoms with Gasteiger partial charge in [0.05, 0.1) is 25.5 Å². The lowest BCUT2D eigenvalue weighted by molar-refractivity contribution is 0.00318. The van der Waals surface area contributed by atoms with Gasteiger partial charge in [0.2, 0.25) is 5.28 Å². The lowest BCUT2D eigenvalue weighted by atomic mass is 10.3. The van der Waals surface area contributed by atoms with E-state index in [1.54, 1.807) is 4.90 Å². The number of nitrogens with zero attached hydrogens (tertiary/aromatic N) is 3. The molecule has 1 aliphatic rings. The van der Waals surface area contributed by atoms with Crippen LogP contribution in [0.4, 0.5) is 10.2 Å². The summed E-state index contributed by atoms with van der Waals surface area (Å²) in [7, 11) is 0. The van der Waals surface area contributed by atoms with Gasteiger partial charge in [0, 0.05) is 13.1 Å². The zero-order valence-corrected chi connectivity index (χ0v) is 9.19. The van der Waals surface area contributed by atoms with E-state index < -0.39 is 5.82 Å². The van der Waals surface area contributed by atoms with Gasteiger partial charge in [-0.25, -0.2) is 9.37 Å². The minimum absolute atomic E-state index is 0.00319. The monoisotopic (exact) mass is 247 g/mol. The van der Waals surface area contributed by atoms with Crippen molar-refractivity contribution in [1.29, 1.82) is 0 Å². The Bertz CT molecular complexity index is 380. The summed E-state index contributed by atoms with van der Waals surface area (Å²) in [6.45, 7) is 1.23. The maximum absolute atomic E-state index is 13.5. The van der Waals surface area contributed by atoms with E-state index in [-0.39, 0.29) is 23.8 Å². The van der Waals surface area contributed by atoms with Crippen molar-refractivity contribution >= 4 is 17.4 Å². The molecule has 0 aromatic carbocycles. The van der Waals surface area contributed by atoms with Gasteiger partial charge in [-0.3, -0.25) is 0 Å². The van der Waals surface area contributed by atoms with Crippen LogP contribution in [0.2, 0.25) is 5.28 Å². The Kier molecular flexibility index (Phi) is 3.52. The van der Waals surface area contributed by atoms with Crippen LogP contribution in [0.3, 0.4) is 0 Å². The highest BCUT2D eigenvalue weighted by Gasteiger charge is 2.23. The number of ether oxygens (including phenoxy) is 1. The van der Waals surface area contributed by atoms with Gasteiger partial charge in [-0.1, -0.05) is 0 Å². The average molecular weight is 248 g/mol. The van der Waals surface area contributed by atoms with Crippen LogP contribution in [0.5, 0.6) is 0 Å². The summed E-state index contributed by atoms with van der Waals surface area (Å²) >= 11 is 5.61. The Hall–Kier alpha value is -0.980. The summed E-state index contributed by atoms with van der Waals surface area (Å²) in [5.41, 5.74) is 0. The quantitative estimate of drug-likeness (QED) is 0.770. The maximum atomic E-state index is 13.5. The van der Waals surface area contributed by atoms with Gasteiger partial charge in [0.1, 0.15) is 0 Å². The van der Waals surface area contributed by atoms with Crippen molar-refractivity contribution in [1.82, 2.24) is 9.97 Å². The third-order valence-electron chi connectivity index (χ3n) is 2.34. The first-order valence-corrected chi connectivity index (χ1v) is 5.24. The Morgan fingerprint density at radius 2 is 2.50 bits per heavy atom. The molecule has 1 N–H and O–H groups in total. The molecule has 0 radical (unpaired) electrons. The molecule has 7 heteroatoms. The molecule has 5 nitrogen and oxygen atoms in total. The molecule has 0 amide bonds. The molecule has 1 atom stereocenters. The van der Waals surface area contributed by atoms with Crippen molar-refractivity contribution in [3.05, 3.63) is 17.3 Å². The number of aliphatic hydroxyl groups excluding tert-OH is 1. The molecule has 16 heavy (non-hydrogen) atoms. The fourth-order valence-electron chi connectivity index (χ4n) is 1.58. The Balaban J connectivity index is 2.19. The largest absolute Gasteiger partial charge is 0.394 e. The summed E-state index contributed by atoms with van der Waals surface area (Å²) in [5.74, 6) is -0.371. The van der Waals surface area contributed by atoms with E-state index >= 15 is 0 Å². The van der Waals surface area contributed by atoms with Gasteiger partial charge >= 0.3 is 0 Å². The zero-order valence-electron chi connectivity index (χ0n) is 8.44. The molecule has 88 valence electrons. The van der Waals surface area contributed by atoms with Crippen LogP contribution in [-0.4, -0.2) is 47.5 Å². The highest BCUT2D eigenvalue weighted by Crippen LogP contribution is 2.19. The lowest BCUT2D eigenvalue weighted by Gasteiger charge is -2.32. The van der Waals surface area contributed by atoms with E-state index in [1.807, 2.05) is 0 Å². The second-order valence-electron chi connectivity index (χ2n) is 3.43. The van der Waals surface area contributed by atoms with Crippen LogP contribution in [0.1, 0.15) is 0 Å². The SMILES string of the molecule is OCC1CN(c2nc(Cl)ncc2F)CCO1. The van der Waals surface area contributed by atoms with Crippen molar-refractivity contribution in [2.24, 2.45) is 0 Å². The summed E-state index contributed by atoms with van der Waals surface area (Å²) in [5, 5.41) is 8.98. The molecule has 0 spiro atoms. The Morgan fingerprint density at radius 3 is 3.25 bits per heavy atom. The molecule has 1 unspecified atom stereocenters. The van der Waals surface area contributed by atoms with Crippen LogP contribution in [0.15, 0.2) is 6.20 Å². The Labute approximate surface area is 96.8 Å². The predicted molar refractivity (Wildman–Crippen MR) is 56.0 cm³/mol. The molecular weight excluding hydrogens is 237 g/mol. The van der Waals surface area contributed by atoms with Crippen molar-refractivity contribution in [2.45, 2.75) is 6.10 Å². The van der Waals surface area contributed by atoms with Crippen molar-refractivity contribution in [2.75, 3.05) is 31.2 Å². The molecule has 1 fully saturated rings. The molecule has 1 aromatic heterocycles. The minimum atomic E-state index is -0.525. The smallest absolute Gasteiger partial charge is 0.224 e. The first-order chi connectivity index (χ1) is 7.70. The van der Waals surface area contributed by atoms with Crippen molar-refractivity contribution in [3.8, 4) is 0 Å². The number of halogens is 2. The normalized spacial score (nSPS) is 21.2. The summed E-state index contributed by atoms with van der Waals surface area (Å²) in [4.78, 5) is 9.07. The highest BCUT2D eigenvalue weighted by molar-refractivity contribution is 6.28. The highest BCUT2D eigenvalue weighted by atomic mass is 35.5.